The molecule has 214 valence electrons. The van der Waals surface area contributed by atoms with Crippen LogP contribution in [-0.4, -0.2) is 77.0 Å². The third-order valence-electron chi connectivity index (χ3n) is 6.80. The van der Waals surface area contributed by atoms with Crippen molar-refractivity contribution in [3.63, 3.8) is 0 Å². The number of methoxy groups -OCH3 is 1. The average molecular weight is 586 g/mol. The summed E-state index contributed by atoms with van der Waals surface area (Å²) in [4.78, 5) is 22.5. The Morgan fingerprint density at radius 1 is 1.24 bits per heavy atom. The quantitative estimate of drug-likeness (QED) is 0.291. The minimum absolute atomic E-state index is 0.121. The van der Waals surface area contributed by atoms with Gasteiger partial charge >= 0.3 is 6.09 Å². The molecule has 0 bridgehead atoms. The number of aromatic nitrogens is 4. The van der Waals surface area contributed by atoms with E-state index in [9.17, 15) is 24.1 Å². The summed E-state index contributed by atoms with van der Waals surface area (Å²) in [6, 6.07) is 6.56. The van der Waals surface area contributed by atoms with Crippen LogP contribution in [-0.2, 0) is 4.74 Å². The van der Waals surface area contributed by atoms with Crippen LogP contribution in [0.1, 0.15) is 30.5 Å². The Hall–Kier alpha value is -4.47. The molecule has 2 aromatic heterocycles. The van der Waals surface area contributed by atoms with Gasteiger partial charge in [-0.05, 0) is 31.4 Å². The summed E-state index contributed by atoms with van der Waals surface area (Å²) < 4.78 is 32.1. The highest BCUT2D eigenvalue weighted by molar-refractivity contribution is 6.36. The third-order valence-corrected chi connectivity index (χ3v) is 7.20. The normalized spacial score (nSPS) is 18.6. The summed E-state index contributed by atoms with van der Waals surface area (Å²) in [7, 11) is 1.23. The van der Waals surface area contributed by atoms with Gasteiger partial charge in [-0.15, -0.1) is 5.10 Å². The number of carbonyl (C=O) groups excluding carboxylic acids is 1. The van der Waals surface area contributed by atoms with Crippen LogP contribution in [0, 0.1) is 22.7 Å². The van der Waals surface area contributed by atoms with E-state index in [2.05, 4.69) is 53.2 Å². The number of benzene rings is 1. The van der Waals surface area contributed by atoms with Gasteiger partial charge < -0.3 is 30.9 Å². The summed E-state index contributed by atoms with van der Waals surface area (Å²) in [6.07, 6.45) is 0.545. The van der Waals surface area contributed by atoms with Crippen molar-refractivity contribution in [2.75, 3.05) is 42.3 Å². The van der Waals surface area contributed by atoms with Gasteiger partial charge in [-0.25, -0.2) is 18.6 Å². The first-order valence-electron chi connectivity index (χ1n) is 12.8. The van der Waals surface area contributed by atoms with E-state index in [1.807, 2.05) is 4.90 Å². The molecule has 5 rings (SSSR count). The number of nitriles is 2. The second-order valence-electron chi connectivity index (χ2n) is 9.67. The number of nitrogens with zero attached hydrogens (tertiary/aromatic N) is 7. The molecule has 1 saturated carbocycles. The number of anilines is 4. The van der Waals surface area contributed by atoms with Gasteiger partial charge in [-0.3, -0.25) is 0 Å². The molecule has 1 saturated heterocycles. The second-order valence-corrected chi connectivity index (χ2v) is 10.0. The van der Waals surface area contributed by atoms with E-state index in [-0.39, 0.29) is 34.8 Å². The lowest BCUT2D eigenvalue weighted by Gasteiger charge is -2.40. The standard InChI is InChI=1S/C25H26ClF2N11O2/c1-41-25(40)35-16-4-5-38(12-18(16)31-11-20(27)28)19-7-13(8-29)6-17(21(19)26)34-24-36-22(33-14-2-3-14)23-32-10-15(9-30)39(23)37-24/h6-7,10,14,16,18,20,31H,2-5,11-12H2,1H3,(H,35,40)(H2,33,34,36,37)/t16-,18-/m0/s1. The smallest absolute Gasteiger partial charge is 0.407 e. The van der Waals surface area contributed by atoms with E-state index in [1.54, 1.807) is 12.1 Å². The van der Waals surface area contributed by atoms with Crippen molar-refractivity contribution in [1.29, 1.82) is 10.5 Å². The molecule has 4 N–H and O–H groups in total. The minimum atomic E-state index is -2.58. The fraction of sp³-hybridized carbons (Fsp3) is 0.440. The zero-order chi connectivity index (χ0) is 29.1. The van der Waals surface area contributed by atoms with Crippen LogP contribution in [0.25, 0.3) is 5.65 Å². The van der Waals surface area contributed by atoms with Crippen LogP contribution >= 0.6 is 11.6 Å². The highest BCUT2D eigenvalue weighted by atomic mass is 35.5. The summed E-state index contributed by atoms with van der Waals surface area (Å²) in [6.45, 7) is 0.0640. The molecule has 2 aliphatic rings. The van der Waals surface area contributed by atoms with Crippen LogP contribution in [0.3, 0.4) is 0 Å². The lowest BCUT2D eigenvalue weighted by atomic mass is 9.98. The molecule has 41 heavy (non-hydrogen) atoms. The number of hydrogen-bond donors (Lipinski definition) is 4. The molecule has 16 heteroatoms. The number of alkyl halides is 2. The molecule has 1 aromatic carbocycles. The molecule has 1 aliphatic carbocycles. The first-order valence-corrected chi connectivity index (χ1v) is 13.2. The van der Waals surface area contributed by atoms with Crippen LogP contribution in [0.15, 0.2) is 18.3 Å². The summed E-state index contributed by atoms with van der Waals surface area (Å²) in [5.41, 5.74) is 1.74. The molecular weight excluding hydrogens is 560 g/mol. The molecule has 3 aromatic rings. The number of hydrogen-bond acceptors (Lipinski definition) is 11. The predicted molar refractivity (Wildman–Crippen MR) is 146 cm³/mol. The minimum Gasteiger partial charge on any atom is -0.453 e. The van der Waals surface area contributed by atoms with Gasteiger partial charge in [0.1, 0.15) is 6.07 Å². The monoisotopic (exact) mass is 585 g/mol. The summed E-state index contributed by atoms with van der Waals surface area (Å²) >= 11 is 6.84. The number of alkyl carbamates (subject to hydrolysis) is 1. The van der Waals surface area contributed by atoms with Crippen molar-refractivity contribution in [2.45, 2.75) is 43.8 Å². The maximum absolute atomic E-state index is 13.0. The van der Waals surface area contributed by atoms with Crippen LogP contribution < -0.4 is 26.2 Å². The van der Waals surface area contributed by atoms with Crippen molar-refractivity contribution in [3.8, 4) is 12.1 Å². The molecular formula is C25H26ClF2N11O2. The predicted octanol–water partition coefficient (Wildman–Crippen LogP) is 3.00. The second kappa shape index (κ2) is 12.0. The van der Waals surface area contributed by atoms with E-state index in [1.165, 1.54) is 17.8 Å². The zero-order valence-electron chi connectivity index (χ0n) is 21.9. The van der Waals surface area contributed by atoms with Gasteiger partial charge in [0.25, 0.3) is 6.43 Å². The number of halogens is 3. The molecule has 2 atom stereocenters. The SMILES string of the molecule is COC(=O)N[C@H]1CCN(c2cc(C#N)cc(Nc3nc(NC4CC4)c4ncc(C#N)n4n3)c2Cl)C[C@@H]1NCC(F)F. The van der Waals surface area contributed by atoms with Crippen molar-refractivity contribution in [3.05, 3.63) is 34.6 Å². The van der Waals surface area contributed by atoms with E-state index in [0.717, 1.165) is 12.8 Å². The molecule has 2 fully saturated rings. The number of amides is 1. The van der Waals surface area contributed by atoms with E-state index in [0.29, 0.717) is 35.8 Å². The van der Waals surface area contributed by atoms with Gasteiger partial charge in [0, 0.05) is 25.2 Å². The molecule has 1 amide bonds. The van der Waals surface area contributed by atoms with Crippen molar-refractivity contribution >= 4 is 46.5 Å². The van der Waals surface area contributed by atoms with Gasteiger partial charge in [0.05, 0.1) is 53.9 Å². The number of rotatable bonds is 9. The number of ether oxygens (including phenoxy) is 1. The number of imidazole rings is 1. The Bertz CT molecular complexity index is 1530. The Balaban J connectivity index is 1.45. The first-order chi connectivity index (χ1) is 19.8. The maximum atomic E-state index is 13.0. The van der Waals surface area contributed by atoms with Crippen LogP contribution in [0.2, 0.25) is 5.02 Å². The average Bonchev–Trinajstić information content (AvgIpc) is 3.69. The fourth-order valence-electron chi connectivity index (χ4n) is 4.64. The highest BCUT2D eigenvalue weighted by Crippen LogP contribution is 2.37. The highest BCUT2D eigenvalue weighted by Gasteiger charge is 2.32. The third kappa shape index (κ3) is 6.32. The van der Waals surface area contributed by atoms with Crippen molar-refractivity contribution in [1.82, 2.24) is 30.2 Å². The summed E-state index contributed by atoms with van der Waals surface area (Å²) in [5, 5.41) is 35.8. The molecule has 0 spiro atoms. The molecule has 3 heterocycles. The van der Waals surface area contributed by atoms with Gasteiger partial charge in [0.15, 0.2) is 17.2 Å². The zero-order valence-corrected chi connectivity index (χ0v) is 22.6. The van der Waals surface area contributed by atoms with Crippen LogP contribution in [0.4, 0.5) is 36.7 Å². The van der Waals surface area contributed by atoms with Gasteiger partial charge in [0.2, 0.25) is 5.95 Å². The lowest BCUT2D eigenvalue weighted by Crippen LogP contribution is -2.60. The topological polar surface area (TPSA) is 168 Å². The molecule has 0 unspecified atom stereocenters. The first kappa shape index (κ1) is 28.1. The van der Waals surface area contributed by atoms with E-state index >= 15 is 0 Å². The molecule has 1 aliphatic heterocycles. The summed E-state index contributed by atoms with van der Waals surface area (Å²) in [5.74, 6) is 0.572. The number of piperidine rings is 1. The van der Waals surface area contributed by atoms with Gasteiger partial charge in [-0.1, -0.05) is 11.6 Å². The molecule has 0 radical (unpaired) electrons. The molecule has 13 nitrogen and oxygen atoms in total. The largest absolute Gasteiger partial charge is 0.453 e. The fourth-order valence-corrected chi connectivity index (χ4v) is 4.92. The van der Waals surface area contributed by atoms with Crippen molar-refractivity contribution < 1.29 is 18.3 Å². The Morgan fingerprint density at radius 3 is 2.73 bits per heavy atom. The number of fused-ring (bicyclic) bond motifs is 1. The van der Waals surface area contributed by atoms with E-state index in [4.69, 9.17) is 11.6 Å². The Labute approximate surface area is 238 Å². The lowest BCUT2D eigenvalue weighted by molar-refractivity contribution is 0.133. The van der Waals surface area contributed by atoms with Crippen LogP contribution in [0.5, 0.6) is 0 Å². The number of carbonyl (C=O) groups is 1. The number of nitrogens with one attached hydrogen (secondary N) is 4. The van der Waals surface area contributed by atoms with Gasteiger partial charge in [-0.2, -0.15) is 20.0 Å². The van der Waals surface area contributed by atoms with E-state index < -0.39 is 31.1 Å². The van der Waals surface area contributed by atoms with Crippen molar-refractivity contribution in [2.24, 2.45) is 0 Å². The Morgan fingerprint density at radius 2 is 2.05 bits per heavy atom. The Kier molecular flexibility index (Phi) is 8.19. The maximum Gasteiger partial charge on any atom is 0.407 e.